The van der Waals surface area contributed by atoms with Gasteiger partial charge in [-0.15, -0.1) is 0 Å². The third-order valence-corrected chi connectivity index (χ3v) is 7.58. The highest BCUT2D eigenvalue weighted by Crippen LogP contribution is 2.44. The van der Waals surface area contributed by atoms with E-state index in [1.807, 2.05) is 48.5 Å². The number of carbonyl (C=O) groups is 3. The molecule has 0 bridgehead atoms. The van der Waals surface area contributed by atoms with Crippen molar-refractivity contribution in [1.82, 2.24) is 9.96 Å². The van der Waals surface area contributed by atoms with Crippen molar-refractivity contribution in [1.29, 1.82) is 0 Å². The maximum Gasteiger partial charge on any atom is 0.410 e. The second kappa shape index (κ2) is 12.2. The van der Waals surface area contributed by atoms with Crippen molar-refractivity contribution in [3.05, 3.63) is 95.1 Å². The number of hydrogen-bond donors (Lipinski definition) is 2. The molecule has 0 saturated heterocycles. The van der Waals surface area contributed by atoms with Gasteiger partial charge in [-0.05, 0) is 55.5 Å². The summed E-state index contributed by atoms with van der Waals surface area (Å²) >= 11 is 0. The summed E-state index contributed by atoms with van der Waals surface area (Å²) in [5.74, 6) is -1.43. The minimum Gasteiger partial charge on any atom is -0.458 e. The zero-order chi connectivity index (χ0) is 30.9. The van der Waals surface area contributed by atoms with Crippen LogP contribution in [0.15, 0.2) is 72.8 Å². The van der Waals surface area contributed by atoms with E-state index in [4.69, 9.17) is 14.3 Å². The summed E-state index contributed by atoms with van der Waals surface area (Å²) in [5, 5.41) is 21.8. The fourth-order valence-corrected chi connectivity index (χ4v) is 5.53. The lowest BCUT2D eigenvalue weighted by Gasteiger charge is -2.30. The van der Waals surface area contributed by atoms with Crippen LogP contribution in [-0.4, -0.2) is 69.7 Å². The number of aliphatic hydroxyl groups is 2. The van der Waals surface area contributed by atoms with E-state index in [9.17, 15) is 24.6 Å². The Morgan fingerprint density at radius 1 is 0.884 bits per heavy atom. The third kappa shape index (κ3) is 6.27. The molecule has 3 aromatic carbocycles. The fraction of sp³-hybridized carbons (Fsp3) is 0.364. The minimum atomic E-state index is -1.56. The first-order chi connectivity index (χ1) is 20.5. The van der Waals surface area contributed by atoms with Crippen molar-refractivity contribution in [3.8, 4) is 11.1 Å². The van der Waals surface area contributed by atoms with Crippen molar-refractivity contribution in [2.45, 2.75) is 63.7 Å². The first kappa shape index (κ1) is 30.2. The largest absolute Gasteiger partial charge is 0.458 e. The Bertz CT molecular complexity index is 1470. The maximum atomic E-state index is 13.3. The second-order valence-electron chi connectivity index (χ2n) is 11.7. The molecule has 1 aliphatic carbocycles. The predicted molar refractivity (Wildman–Crippen MR) is 156 cm³/mol. The molecule has 1 aliphatic heterocycles. The summed E-state index contributed by atoms with van der Waals surface area (Å²) in [4.78, 5) is 45.7. The number of carbonyl (C=O) groups excluding carboxylic acids is 3. The molecule has 10 nitrogen and oxygen atoms in total. The predicted octanol–water partition coefficient (Wildman–Crippen LogP) is 4.75. The molecule has 2 unspecified atom stereocenters. The number of aliphatic hydroxyl groups excluding tert-OH is 2. The molecule has 1 heterocycles. The first-order valence-electron chi connectivity index (χ1n) is 14.2. The zero-order valence-electron chi connectivity index (χ0n) is 24.6. The van der Waals surface area contributed by atoms with Gasteiger partial charge in [0.25, 0.3) is 5.91 Å². The number of amides is 2. The number of hydroxylamine groups is 2. The van der Waals surface area contributed by atoms with Crippen LogP contribution in [0, 0.1) is 0 Å². The number of likely N-dealkylation sites (N-methyl/N-ethyl adjacent to an activating group) is 1. The maximum absolute atomic E-state index is 13.3. The van der Waals surface area contributed by atoms with Gasteiger partial charge in [-0.3, -0.25) is 9.69 Å². The molecule has 10 heteroatoms. The number of benzene rings is 3. The summed E-state index contributed by atoms with van der Waals surface area (Å²) in [6, 6.07) is 21.3. The molecular formula is C33H36N2O8. The Morgan fingerprint density at radius 3 is 1.98 bits per heavy atom. The molecule has 0 aromatic heterocycles. The lowest BCUT2D eigenvalue weighted by atomic mass is 9.98. The van der Waals surface area contributed by atoms with E-state index in [0.717, 1.165) is 27.2 Å². The normalized spacial score (nSPS) is 17.1. The molecule has 0 spiro atoms. The Labute approximate surface area is 250 Å². The monoisotopic (exact) mass is 588 g/mol. The van der Waals surface area contributed by atoms with Crippen LogP contribution in [0.2, 0.25) is 0 Å². The van der Waals surface area contributed by atoms with Gasteiger partial charge in [0.05, 0.1) is 0 Å². The highest BCUT2D eigenvalue weighted by atomic mass is 16.8. The van der Waals surface area contributed by atoms with E-state index in [2.05, 4.69) is 0 Å². The van der Waals surface area contributed by atoms with Gasteiger partial charge in [0.2, 0.25) is 0 Å². The SMILES string of the molecule is CN(C(=O)OCC1c2ccccc2-c2ccccc21)[C@@H](CCC(O)ON1C(=O)c2ccccc2C1O)C(=O)OC(C)(C)C. The van der Waals surface area contributed by atoms with E-state index in [1.54, 1.807) is 45.0 Å². The molecule has 3 atom stereocenters. The Balaban J connectivity index is 1.25. The molecule has 2 N–H and O–H groups in total. The molecule has 0 fully saturated rings. The molecule has 2 amide bonds. The van der Waals surface area contributed by atoms with Crippen LogP contribution in [0.1, 0.15) is 72.8 Å². The summed E-state index contributed by atoms with van der Waals surface area (Å²) in [7, 11) is 1.44. The van der Waals surface area contributed by atoms with Gasteiger partial charge >= 0.3 is 12.1 Å². The van der Waals surface area contributed by atoms with Gasteiger partial charge < -0.3 is 19.7 Å². The van der Waals surface area contributed by atoms with Gasteiger partial charge in [-0.1, -0.05) is 66.7 Å². The number of fused-ring (bicyclic) bond motifs is 4. The van der Waals surface area contributed by atoms with Crippen molar-refractivity contribution >= 4 is 18.0 Å². The number of nitrogens with zero attached hydrogens (tertiary/aromatic N) is 2. The van der Waals surface area contributed by atoms with E-state index in [-0.39, 0.29) is 30.9 Å². The lowest BCUT2D eigenvalue weighted by Crippen LogP contribution is -2.46. The van der Waals surface area contributed by atoms with Gasteiger partial charge in [0, 0.05) is 30.5 Å². The Hall–Kier alpha value is -4.25. The molecule has 0 radical (unpaired) electrons. The number of rotatable bonds is 9. The number of hydrogen-bond acceptors (Lipinski definition) is 8. The van der Waals surface area contributed by atoms with Crippen LogP contribution in [0.25, 0.3) is 11.1 Å². The molecule has 3 aromatic rings. The van der Waals surface area contributed by atoms with Crippen LogP contribution in [-0.2, 0) is 19.1 Å². The molecule has 226 valence electrons. The molecule has 2 aliphatic rings. The Morgan fingerprint density at radius 2 is 1.42 bits per heavy atom. The van der Waals surface area contributed by atoms with Crippen molar-refractivity contribution in [2.24, 2.45) is 0 Å². The highest BCUT2D eigenvalue weighted by molar-refractivity contribution is 5.98. The second-order valence-corrected chi connectivity index (χ2v) is 11.7. The van der Waals surface area contributed by atoms with Crippen molar-refractivity contribution < 1.29 is 38.9 Å². The molecule has 43 heavy (non-hydrogen) atoms. The summed E-state index contributed by atoms with van der Waals surface area (Å²) in [6.07, 6.45) is -3.90. The number of ether oxygens (including phenoxy) is 2. The molecule has 0 saturated carbocycles. The van der Waals surface area contributed by atoms with E-state index < -0.39 is 42.1 Å². The van der Waals surface area contributed by atoms with Crippen LogP contribution in [0.5, 0.6) is 0 Å². The van der Waals surface area contributed by atoms with Gasteiger partial charge in [-0.2, -0.15) is 5.06 Å². The van der Waals surface area contributed by atoms with E-state index in [1.165, 1.54) is 7.05 Å². The average molecular weight is 589 g/mol. The smallest absolute Gasteiger partial charge is 0.410 e. The van der Waals surface area contributed by atoms with Crippen molar-refractivity contribution in [3.63, 3.8) is 0 Å². The number of esters is 1. The third-order valence-electron chi connectivity index (χ3n) is 7.58. The molecule has 5 rings (SSSR count). The molecular weight excluding hydrogens is 552 g/mol. The van der Waals surface area contributed by atoms with Crippen LogP contribution in [0.4, 0.5) is 4.79 Å². The zero-order valence-corrected chi connectivity index (χ0v) is 24.6. The van der Waals surface area contributed by atoms with Gasteiger partial charge in [0.1, 0.15) is 18.2 Å². The van der Waals surface area contributed by atoms with E-state index in [0.29, 0.717) is 10.6 Å². The summed E-state index contributed by atoms with van der Waals surface area (Å²) in [5.41, 5.74) is 4.11. The standard InChI is InChI=1S/C33H36N2O8/c1-33(2,3)42-31(39)27(17-18-28(36)43-35-29(37)24-15-9-10-16-25(24)30(35)38)34(4)32(40)41-19-26-22-13-7-5-11-20(22)21-12-6-8-14-23(21)26/h5-16,26-29,36-37H,17-19H2,1-4H3/t27-,28?,29?/m0/s1. The Kier molecular flexibility index (Phi) is 8.55. The highest BCUT2D eigenvalue weighted by Gasteiger charge is 2.39. The fourth-order valence-electron chi connectivity index (χ4n) is 5.53. The van der Waals surface area contributed by atoms with Crippen molar-refractivity contribution in [2.75, 3.05) is 13.7 Å². The van der Waals surface area contributed by atoms with Crippen LogP contribution in [0.3, 0.4) is 0 Å². The summed E-state index contributed by atoms with van der Waals surface area (Å²) in [6.45, 7) is 5.21. The van der Waals surface area contributed by atoms with Gasteiger partial charge in [-0.25, -0.2) is 14.4 Å². The van der Waals surface area contributed by atoms with Crippen LogP contribution >= 0.6 is 0 Å². The van der Waals surface area contributed by atoms with Gasteiger partial charge in [0.15, 0.2) is 12.5 Å². The lowest BCUT2D eigenvalue weighted by molar-refractivity contribution is -0.282. The topological polar surface area (TPSA) is 126 Å². The van der Waals surface area contributed by atoms with E-state index >= 15 is 0 Å². The minimum absolute atomic E-state index is 0.0676. The first-order valence-corrected chi connectivity index (χ1v) is 14.2. The average Bonchev–Trinajstić information content (AvgIpc) is 3.42. The van der Waals surface area contributed by atoms with Crippen LogP contribution < -0.4 is 0 Å². The summed E-state index contributed by atoms with van der Waals surface area (Å²) < 4.78 is 11.3. The quantitative estimate of drug-likeness (QED) is 0.271.